The van der Waals surface area contributed by atoms with Crippen molar-refractivity contribution in [2.45, 2.75) is 33.1 Å². The summed E-state index contributed by atoms with van der Waals surface area (Å²) < 4.78 is 0. The highest BCUT2D eigenvalue weighted by Gasteiger charge is 2.15. The Morgan fingerprint density at radius 2 is 2.11 bits per heavy atom. The normalized spacial score (nSPS) is 10.4. The maximum absolute atomic E-state index is 8.90. The van der Waals surface area contributed by atoms with Crippen LogP contribution in [-0.2, 0) is 0 Å². The minimum Gasteiger partial charge on any atom is -0.385 e. The molecule has 0 spiro atoms. The molecule has 0 amide bonds. The van der Waals surface area contributed by atoms with Crippen molar-refractivity contribution in [3.63, 3.8) is 0 Å². The Bertz CT molecular complexity index is 461. The summed E-state index contributed by atoms with van der Waals surface area (Å²) in [4.78, 5) is 0. The highest BCUT2D eigenvalue weighted by molar-refractivity contribution is 5.49. The molecule has 0 saturated carbocycles. The van der Waals surface area contributed by atoms with Gasteiger partial charge in [0, 0.05) is 17.8 Å². The lowest BCUT2D eigenvalue weighted by Gasteiger charge is -2.14. The topological polar surface area (TPSA) is 35.8 Å². The quantitative estimate of drug-likeness (QED) is 0.606. The van der Waals surface area contributed by atoms with E-state index in [2.05, 4.69) is 17.3 Å². The Morgan fingerprint density at radius 3 is 2.78 bits per heavy atom. The van der Waals surface area contributed by atoms with Crippen LogP contribution in [0.2, 0.25) is 0 Å². The molecule has 1 rings (SSSR count). The van der Waals surface area contributed by atoms with Crippen molar-refractivity contribution in [2.24, 2.45) is 5.41 Å². The summed E-state index contributed by atoms with van der Waals surface area (Å²) in [5.74, 6) is 2.62. The van der Waals surface area contributed by atoms with E-state index in [1.165, 1.54) is 0 Å². The first kappa shape index (κ1) is 14.1. The summed E-state index contributed by atoms with van der Waals surface area (Å²) in [5.41, 5.74) is 1.75. The molecule has 1 aromatic carbocycles. The van der Waals surface area contributed by atoms with E-state index in [0.29, 0.717) is 0 Å². The fourth-order valence-electron chi connectivity index (χ4n) is 1.70. The second kappa shape index (κ2) is 6.72. The van der Waals surface area contributed by atoms with E-state index in [-0.39, 0.29) is 5.41 Å². The van der Waals surface area contributed by atoms with Crippen LogP contribution in [0.5, 0.6) is 0 Å². The largest absolute Gasteiger partial charge is 0.385 e. The van der Waals surface area contributed by atoms with Gasteiger partial charge in [0.25, 0.3) is 0 Å². The molecule has 0 aromatic heterocycles. The van der Waals surface area contributed by atoms with E-state index < -0.39 is 0 Å². The summed E-state index contributed by atoms with van der Waals surface area (Å²) in [7, 11) is 0. The lowest BCUT2D eigenvalue weighted by atomic mass is 9.89. The Morgan fingerprint density at radius 1 is 1.33 bits per heavy atom. The predicted octanol–water partition coefficient (Wildman–Crippen LogP) is 3.80. The molecule has 0 aliphatic carbocycles. The molecule has 0 aliphatic heterocycles. The van der Waals surface area contributed by atoms with Gasteiger partial charge in [0.15, 0.2) is 0 Å². The van der Waals surface area contributed by atoms with Gasteiger partial charge in [-0.2, -0.15) is 5.26 Å². The molecule has 0 aliphatic rings. The third-order valence-corrected chi connectivity index (χ3v) is 2.89. The van der Waals surface area contributed by atoms with Gasteiger partial charge in [0.1, 0.15) is 0 Å². The minimum atomic E-state index is -0.205. The zero-order chi connectivity index (χ0) is 13.4. The van der Waals surface area contributed by atoms with Crippen LogP contribution in [0.3, 0.4) is 0 Å². The number of anilines is 1. The van der Waals surface area contributed by atoms with E-state index in [0.717, 1.165) is 37.1 Å². The molecule has 0 unspecified atom stereocenters. The number of terminal acetylenes is 1. The summed E-state index contributed by atoms with van der Waals surface area (Å²) in [6, 6.07) is 10.2. The number of hydrogen-bond acceptors (Lipinski definition) is 2. The fourth-order valence-corrected chi connectivity index (χ4v) is 1.70. The van der Waals surface area contributed by atoms with Gasteiger partial charge in [0.05, 0.1) is 11.5 Å². The van der Waals surface area contributed by atoms with Crippen LogP contribution in [0.1, 0.15) is 38.7 Å². The smallest absolute Gasteiger partial charge is 0.0683 e. The van der Waals surface area contributed by atoms with Crippen LogP contribution >= 0.6 is 0 Å². The van der Waals surface area contributed by atoms with Gasteiger partial charge in [-0.3, -0.25) is 0 Å². The average molecular weight is 240 g/mol. The lowest BCUT2D eigenvalue weighted by Crippen LogP contribution is -2.09. The third kappa shape index (κ3) is 4.93. The van der Waals surface area contributed by atoms with Gasteiger partial charge in [-0.1, -0.05) is 18.4 Å². The van der Waals surface area contributed by atoms with Crippen LogP contribution < -0.4 is 5.32 Å². The van der Waals surface area contributed by atoms with Crippen molar-refractivity contribution in [1.82, 2.24) is 0 Å². The molecule has 0 fully saturated rings. The number of nitrogens with zero attached hydrogens (tertiary/aromatic N) is 1. The number of benzene rings is 1. The van der Waals surface area contributed by atoms with Crippen molar-refractivity contribution < 1.29 is 0 Å². The van der Waals surface area contributed by atoms with Crippen LogP contribution in [0.25, 0.3) is 0 Å². The number of hydrogen-bond donors (Lipinski definition) is 1. The molecule has 18 heavy (non-hydrogen) atoms. The van der Waals surface area contributed by atoms with Gasteiger partial charge >= 0.3 is 0 Å². The molecule has 1 aromatic rings. The Labute approximate surface area is 110 Å². The molecular formula is C16H20N2. The lowest BCUT2D eigenvalue weighted by molar-refractivity contribution is 0.430. The molecule has 2 heteroatoms. The van der Waals surface area contributed by atoms with Gasteiger partial charge in [-0.25, -0.2) is 0 Å². The molecular weight excluding hydrogens is 220 g/mol. The van der Waals surface area contributed by atoms with Crippen molar-refractivity contribution in [2.75, 3.05) is 11.9 Å². The molecule has 0 saturated heterocycles. The first-order valence-corrected chi connectivity index (χ1v) is 6.29. The maximum atomic E-state index is 8.90. The number of rotatable bonds is 6. The second-order valence-corrected chi connectivity index (χ2v) is 5.10. The van der Waals surface area contributed by atoms with Gasteiger partial charge < -0.3 is 5.32 Å². The summed E-state index contributed by atoms with van der Waals surface area (Å²) in [5, 5.41) is 12.2. The Hall–Kier alpha value is -1.93. The van der Waals surface area contributed by atoms with Crippen molar-refractivity contribution in [3.8, 4) is 18.4 Å². The highest BCUT2D eigenvalue weighted by atomic mass is 14.9. The summed E-state index contributed by atoms with van der Waals surface area (Å²) in [6.45, 7) is 4.88. The van der Waals surface area contributed by atoms with Gasteiger partial charge in [-0.05, 0) is 44.9 Å². The van der Waals surface area contributed by atoms with Crippen LogP contribution in [0, 0.1) is 29.1 Å². The maximum Gasteiger partial charge on any atom is 0.0683 e. The molecule has 0 radical (unpaired) electrons. The molecule has 1 N–H and O–H groups in total. The molecule has 2 nitrogen and oxygen atoms in total. The van der Waals surface area contributed by atoms with Gasteiger partial charge in [0.2, 0.25) is 0 Å². The molecule has 0 bridgehead atoms. The van der Waals surface area contributed by atoms with E-state index in [1.54, 1.807) is 0 Å². The molecule has 0 atom stereocenters. The standard InChI is InChI=1S/C16H20N2/c1-4-14-8-7-9-15(12-14)18-11-6-5-10-16(2,3)13-17/h1,7-9,12,18H,5-6,10-11H2,2-3H3. The van der Waals surface area contributed by atoms with E-state index >= 15 is 0 Å². The van der Waals surface area contributed by atoms with Gasteiger partial charge in [-0.15, -0.1) is 6.42 Å². The van der Waals surface area contributed by atoms with E-state index in [1.807, 2.05) is 38.1 Å². The SMILES string of the molecule is C#Cc1cccc(NCCCCC(C)(C)C#N)c1. The van der Waals surface area contributed by atoms with E-state index in [4.69, 9.17) is 11.7 Å². The number of unbranched alkanes of at least 4 members (excludes halogenated alkanes) is 1. The first-order chi connectivity index (χ1) is 8.57. The predicted molar refractivity (Wildman–Crippen MR) is 76.1 cm³/mol. The average Bonchev–Trinajstić information content (AvgIpc) is 2.38. The monoisotopic (exact) mass is 240 g/mol. The van der Waals surface area contributed by atoms with Crippen molar-refractivity contribution >= 4 is 5.69 Å². The number of nitrogens with one attached hydrogen (secondary N) is 1. The Kier molecular flexibility index (Phi) is 5.28. The summed E-state index contributed by atoms with van der Waals surface area (Å²) >= 11 is 0. The number of nitriles is 1. The van der Waals surface area contributed by atoms with Crippen LogP contribution in [0.15, 0.2) is 24.3 Å². The van der Waals surface area contributed by atoms with Crippen LogP contribution in [-0.4, -0.2) is 6.54 Å². The zero-order valence-corrected chi connectivity index (χ0v) is 11.2. The minimum absolute atomic E-state index is 0.205. The summed E-state index contributed by atoms with van der Waals surface area (Å²) in [6.07, 6.45) is 8.41. The molecule has 0 heterocycles. The second-order valence-electron chi connectivity index (χ2n) is 5.10. The van der Waals surface area contributed by atoms with Crippen molar-refractivity contribution in [1.29, 1.82) is 5.26 Å². The highest BCUT2D eigenvalue weighted by Crippen LogP contribution is 2.21. The van der Waals surface area contributed by atoms with Crippen molar-refractivity contribution in [3.05, 3.63) is 29.8 Å². The first-order valence-electron chi connectivity index (χ1n) is 6.29. The zero-order valence-electron chi connectivity index (χ0n) is 11.2. The Balaban J connectivity index is 2.27. The molecule has 94 valence electrons. The third-order valence-electron chi connectivity index (χ3n) is 2.89. The van der Waals surface area contributed by atoms with E-state index in [9.17, 15) is 0 Å². The van der Waals surface area contributed by atoms with Crippen LogP contribution in [0.4, 0.5) is 5.69 Å². The fraction of sp³-hybridized carbons (Fsp3) is 0.438.